The molecule has 96 valence electrons. The first-order chi connectivity index (χ1) is 8.81. The first kappa shape index (κ1) is 12.6. The van der Waals surface area contributed by atoms with Crippen LogP contribution in [0.25, 0.3) is 11.0 Å². The summed E-state index contributed by atoms with van der Waals surface area (Å²) in [6.45, 7) is 3.22. The number of para-hydroxylation sites is 2. The number of esters is 1. The minimum Gasteiger partial charge on any atom is -0.466 e. The summed E-state index contributed by atoms with van der Waals surface area (Å²) in [5.74, 6) is -0.138. The van der Waals surface area contributed by atoms with Crippen LogP contribution in [0.15, 0.2) is 30.6 Å². The number of ether oxygens (including phenoxy) is 1. The largest absolute Gasteiger partial charge is 0.466 e. The van der Waals surface area contributed by atoms with E-state index in [2.05, 4.69) is 11.9 Å². The Morgan fingerprint density at radius 2 is 2.22 bits per heavy atom. The number of carbonyl (C=O) groups excluding carboxylic acids is 1. The van der Waals surface area contributed by atoms with Gasteiger partial charge in [0.1, 0.15) is 0 Å². The van der Waals surface area contributed by atoms with Gasteiger partial charge in [-0.2, -0.15) is 0 Å². The van der Waals surface area contributed by atoms with Gasteiger partial charge >= 0.3 is 5.97 Å². The summed E-state index contributed by atoms with van der Waals surface area (Å²) in [6.07, 6.45) is 4.13. The molecule has 0 fully saturated rings. The molecule has 0 aliphatic rings. The first-order valence-electron chi connectivity index (χ1n) is 6.36. The van der Waals surface area contributed by atoms with Crippen molar-refractivity contribution in [2.75, 3.05) is 6.61 Å². The second-order valence-electron chi connectivity index (χ2n) is 4.25. The SMILES string of the molecule is CCCCOC(=O)CCn1cnc2ccccc21. The Hall–Kier alpha value is -1.84. The number of fused-ring (bicyclic) bond motifs is 1. The van der Waals surface area contributed by atoms with Crippen molar-refractivity contribution in [1.29, 1.82) is 0 Å². The number of aromatic nitrogens is 2. The van der Waals surface area contributed by atoms with E-state index in [9.17, 15) is 4.79 Å². The van der Waals surface area contributed by atoms with Gasteiger partial charge in [-0.05, 0) is 18.6 Å². The van der Waals surface area contributed by atoms with Crippen LogP contribution in [0.5, 0.6) is 0 Å². The maximum absolute atomic E-state index is 11.5. The standard InChI is InChI=1S/C14H18N2O2/c1-2-3-10-18-14(17)8-9-16-11-15-12-6-4-5-7-13(12)16/h4-7,11H,2-3,8-10H2,1H3. The number of imidazole rings is 1. The summed E-state index contributed by atoms with van der Waals surface area (Å²) in [5.41, 5.74) is 2.01. The van der Waals surface area contributed by atoms with Gasteiger partial charge < -0.3 is 9.30 Å². The molecule has 0 N–H and O–H groups in total. The molecule has 0 aliphatic carbocycles. The molecule has 1 aromatic carbocycles. The smallest absolute Gasteiger partial charge is 0.307 e. The third-order valence-corrected chi connectivity index (χ3v) is 2.85. The molecule has 1 heterocycles. The molecule has 4 nitrogen and oxygen atoms in total. The van der Waals surface area contributed by atoms with Crippen LogP contribution < -0.4 is 0 Å². The van der Waals surface area contributed by atoms with Crippen LogP contribution in [0.2, 0.25) is 0 Å². The predicted octanol–water partition coefficient (Wildman–Crippen LogP) is 2.77. The topological polar surface area (TPSA) is 44.1 Å². The fraction of sp³-hybridized carbons (Fsp3) is 0.429. The van der Waals surface area contributed by atoms with Crippen LogP contribution in [0, 0.1) is 0 Å². The van der Waals surface area contributed by atoms with Crippen molar-refractivity contribution >= 4 is 17.0 Å². The third-order valence-electron chi connectivity index (χ3n) is 2.85. The van der Waals surface area contributed by atoms with Gasteiger partial charge in [0.25, 0.3) is 0 Å². The lowest BCUT2D eigenvalue weighted by molar-refractivity contribution is -0.144. The van der Waals surface area contributed by atoms with E-state index < -0.39 is 0 Å². The Balaban J connectivity index is 1.88. The van der Waals surface area contributed by atoms with Crippen molar-refractivity contribution < 1.29 is 9.53 Å². The number of carbonyl (C=O) groups is 1. The van der Waals surface area contributed by atoms with E-state index in [4.69, 9.17) is 4.74 Å². The number of unbranched alkanes of at least 4 members (excludes halogenated alkanes) is 1. The molecule has 0 amide bonds. The van der Waals surface area contributed by atoms with Crippen molar-refractivity contribution in [2.24, 2.45) is 0 Å². The lowest BCUT2D eigenvalue weighted by Gasteiger charge is -2.05. The lowest BCUT2D eigenvalue weighted by Crippen LogP contribution is -2.09. The molecule has 0 spiro atoms. The van der Waals surface area contributed by atoms with Gasteiger partial charge in [0.05, 0.1) is 30.4 Å². The van der Waals surface area contributed by atoms with Crippen LogP contribution >= 0.6 is 0 Å². The molecule has 2 rings (SSSR count). The molecule has 2 aromatic rings. The molecule has 0 atom stereocenters. The maximum Gasteiger partial charge on any atom is 0.307 e. The van der Waals surface area contributed by atoms with Crippen LogP contribution in [-0.2, 0) is 16.1 Å². The average molecular weight is 246 g/mol. The van der Waals surface area contributed by atoms with Crippen molar-refractivity contribution in [1.82, 2.24) is 9.55 Å². The normalized spacial score (nSPS) is 10.7. The van der Waals surface area contributed by atoms with Crippen molar-refractivity contribution in [3.8, 4) is 0 Å². The summed E-state index contributed by atoms with van der Waals surface area (Å²) >= 11 is 0. The average Bonchev–Trinajstić information content (AvgIpc) is 2.80. The second kappa shape index (κ2) is 6.19. The number of aryl methyl sites for hydroxylation is 1. The van der Waals surface area contributed by atoms with E-state index in [1.165, 1.54) is 0 Å². The summed E-state index contributed by atoms with van der Waals surface area (Å²) in [5, 5.41) is 0. The number of rotatable bonds is 6. The van der Waals surface area contributed by atoms with Gasteiger partial charge in [0.15, 0.2) is 0 Å². The van der Waals surface area contributed by atoms with Gasteiger partial charge in [-0.25, -0.2) is 4.98 Å². The Kier molecular flexibility index (Phi) is 4.34. The molecular weight excluding hydrogens is 228 g/mol. The van der Waals surface area contributed by atoms with Crippen molar-refractivity contribution in [3.63, 3.8) is 0 Å². The highest BCUT2D eigenvalue weighted by Crippen LogP contribution is 2.12. The van der Waals surface area contributed by atoms with Gasteiger partial charge in [-0.15, -0.1) is 0 Å². The van der Waals surface area contributed by atoms with Crippen LogP contribution in [0.1, 0.15) is 26.2 Å². The third kappa shape index (κ3) is 3.09. The second-order valence-corrected chi connectivity index (χ2v) is 4.25. The van der Waals surface area contributed by atoms with E-state index in [0.29, 0.717) is 19.6 Å². The Morgan fingerprint density at radius 1 is 1.39 bits per heavy atom. The van der Waals surface area contributed by atoms with Gasteiger partial charge in [0, 0.05) is 6.54 Å². The molecule has 0 bridgehead atoms. The monoisotopic (exact) mass is 246 g/mol. The fourth-order valence-corrected chi connectivity index (χ4v) is 1.80. The van der Waals surface area contributed by atoms with Crippen molar-refractivity contribution in [3.05, 3.63) is 30.6 Å². The van der Waals surface area contributed by atoms with Crippen molar-refractivity contribution in [2.45, 2.75) is 32.7 Å². The number of hydrogen-bond acceptors (Lipinski definition) is 3. The molecule has 0 saturated carbocycles. The zero-order valence-corrected chi connectivity index (χ0v) is 10.6. The summed E-state index contributed by atoms with van der Waals surface area (Å²) in [4.78, 5) is 15.8. The molecule has 0 radical (unpaired) electrons. The van der Waals surface area contributed by atoms with Crippen LogP contribution in [0.3, 0.4) is 0 Å². The minimum atomic E-state index is -0.138. The number of nitrogens with zero attached hydrogens (tertiary/aromatic N) is 2. The van der Waals surface area contributed by atoms with Gasteiger partial charge in [0.2, 0.25) is 0 Å². The van der Waals surface area contributed by atoms with Crippen LogP contribution in [-0.4, -0.2) is 22.1 Å². The lowest BCUT2D eigenvalue weighted by atomic mass is 10.3. The number of benzene rings is 1. The number of hydrogen-bond donors (Lipinski definition) is 0. The molecule has 0 saturated heterocycles. The quantitative estimate of drug-likeness (QED) is 0.581. The molecule has 0 aliphatic heterocycles. The highest BCUT2D eigenvalue weighted by Gasteiger charge is 2.05. The Bertz CT molecular complexity index is 519. The first-order valence-corrected chi connectivity index (χ1v) is 6.36. The maximum atomic E-state index is 11.5. The Labute approximate surface area is 107 Å². The summed E-state index contributed by atoms with van der Waals surface area (Å²) in [7, 11) is 0. The van der Waals surface area contributed by atoms with E-state index in [1.807, 2.05) is 28.8 Å². The molecular formula is C14H18N2O2. The molecule has 4 heteroatoms. The fourth-order valence-electron chi connectivity index (χ4n) is 1.80. The molecule has 18 heavy (non-hydrogen) atoms. The minimum absolute atomic E-state index is 0.138. The zero-order valence-electron chi connectivity index (χ0n) is 10.6. The van der Waals surface area contributed by atoms with E-state index in [-0.39, 0.29) is 5.97 Å². The highest BCUT2D eigenvalue weighted by molar-refractivity contribution is 5.75. The zero-order chi connectivity index (χ0) is 12.8. The summed E-state index contributed by atoms with van der Waals surface area (Å²) < 4.78 is 7.10. The van der Waals surface area contributed by atoms with Crippen LogP contribution in [0.4, 0.5) is 0 Å². The highest BCUT2D eigenvalue weighted by atomic mass is 16.5. The predicted molar refractivity (Wildman–Crippen MR) is 70.2 cm³/mol. The van der Waals surface area contributed by atoms with E-state index >= 15 is 0 Å². The van der Waals surface area contributed by atoms with Gasteiger partial charge in [-0.3, -0.25) is 4.79 Å². The Morgan fingerprint density at radius 3 is 3.06 bits per heavy atom. The van der Waals surface area contributed by atoms with E-state index in [1.54, 1.807) is 6.33 Å². The van der Waals surface area contributed by atoms with E-state index in [0.717, 1.165) is 23.9 Å². The molecule has 1 aromatic heterocycles. The molecule has 0 unspecified atom stereocenters. The van der Waals surface area contributed by atoms with Gasteiger partial charge in [-0.1, -0.05) is 25.5 Å². The summed E-state index contributed by atoms with van der Waals surface area (Å²) in [6, 6.07) is 7.90.